The minimum atomic E-state index is -1.05. The highest BCUT2D eigenvalue weighted by Crippen LogP contribution is 2.17. The molecule has 0 heterocycles. The number of hydrogen-bond acceptors (Lipinski definition) is 4. The first-order chi connectivity index (χ1) is 7.92. The topological polar surface area (TPSA) is 52.6 Å². The van der Waals surface area contributed by atoms with Crippen LogP contribution in [0.4, 0.5) is 0 Å². The number of carbonyl (C=O) groups excluding carboxylic acids is 2. The third kappa shape index (κ3) is 8.50. The molecule has 106 valence electrons. The van der Waals surface area contributed by atoms with Crippen LogP contribution in [0, 0.1) is 10.8 Å². The van der Waals surface area contributed by atoms with Crippen LogP contribution in [-0.4, -0.2) is 30.0 Å². The molecule has 0 saturated carbocycles. The summed E-state index contributed by atoms with van der Waals surface area (Å²) in [7, 11) is 0. The van der Waals surface area contributed by atoms with E-state index < -0.39 is 16.8 Å². The number of ether oxygens (including phenoxy) is 2. The number of hydrogen-bond donors (Lipinski definition) is 0. The molecule has 0 atom stereocenters. The average molecular weight is 323 g/mol. The largest absolute Gasteiger partial charge is 0.464 e. The number of alkyl halides is 1. The summed E-state index contributed by atoms with van der Waals surface area (Å²) in [6, 6.07) is 0. The molecule has 0 rings (SSSR count). The van der Waals surface area contributed by atoms with Gasteiger partial charge in [0.1, 0.15) is 0 Å². The highest BCUT2D eigenvalue weighted by atomic mass is 79.9. The van der Waals surface area contributed by atoms with Gasteiger partial charge < -0.3 is 9.47 Å². The molecule has 0 fully saturated rings. The average Bonchev–Trinajstić information content (AvgIpc) is 2.19. The Hall–Kier alpha value is -0.580. The lowest BCUT2D eigenvalue weighted by Crippen LogP contribution is -2.32. The predicted octanol–water partition coefficient (Wildman–Crippen LogP) is 2.93. The summed E-state index contributed by atoms with van der Waals surface area (Å²) < 4.78 is 10.1. The Morgan fingerprint density at radius 2 is 1.17 bits per heavy atom. The first-order valence-corrected chi connectivity index (χ1v) is 6.81. The molecule has 0 aromatic rings. The van der Waals surface area contributed by atoms with Gasteiger partial charge in [0.05, 0.1) is 13.2 Å². The number of carbonyl (C=O) groups is 2. The fourth-order valence-electron chi connectivity index (χ4n) is 0.818. The maximum Gasteiger partial charge on any atom is 0.331 e. The van der Waals surface area contributed by atoms with Crippen molar-refractivity contribution in [3.63, 3.8) is 0 Å². The Kier molecular flexibility index (Phi) is 6.34. The lowest BCUT2D eigenvalue weighted by atomic mass is 9.99. The van der Waals surface area contributed by atoms with E-state index in [0.29, 0.717) is 0 Å². The third-order valence-corrected chi connectivity index (χ3v) is 2.46. The second kappa shape index (κ2) is 6.55. The normalized spacial score (nSPS) is 12.4. The van der Waals surface area contributed by atoms with E-state index in [2.05, 4.69) is 15.9 Å². The Labute approximate surface area is 118 Å². The van der Waals surface area contributed by atoms with E-state index in [1.54, 1.807) is 0 Å². The maximum atomic E-state index is 11.6. The summed E-state index contributed by atoms with van der Waals surface area (Å²) in [6.07, 6.45) is 0. The lowest BCUT2D eigenvalue weighted by Gasteiger charge is -2.20. The van der Waals surface area contributed by atoms with Gasteiger partial charge in [-0.15, -0.1) is 0 Å². The molecular formula is C13H23BrO4. The maximum absolute atomic E-state index is 11.6. The van der Waals surface area contributed by atoms with Crippen LogP contribution in [0.2, 0.25) is 0 Å². The molecule has 0 N–H and O–H groups in total. The van der Waals surface area contributed by atoms with Crippen LogP contribution >= 0.6 is 15.9 Å². The number of halogens is 1. The first-order valence-electron chi connectivity index (χ1n) is 5.90. The minimum absolute atomic E-state index is 0.127. The van der Waals surface area contributed by atoms with Crippen molar-refractivity contribution in [3.05, 3.63) is 0 Å². The minimum Gasteiger partial charge on any atom is -0.464 e. The van der Waals surface area contributed by atoms with Crippen molar-refractivity contribution in [2.24, 2.45) is 10.8 Å². The summed E-state index contributed by atoms with van der Waals surface area (Å²) in [5, 5.41) is 0. The Balaban J connectivity index is 4.17. The molecule has 0 saturated heterocycles. The van der Waals surface area contributed by atoms with Gasteiger partial charge in [-0.1, -0.05) is 57.5 Å². The van der Waals surface area contributed by atoms with Crippen LogP contribution in [-0.2, 0) is 19.1 Å². The molecule has 0 aromatic heterocycles. The van der Waals surface area contributed by atoms with E-state index >= 15 is 0 Å². The summed E-state index contributed by atoms with van der Waals surface area (Å²) in [5.41, 5.74) is -0.255. The summed E-state index contributed by atoms with van der Waals surface area (Å²) in [4.78, 5) is 22.1. The van der Waals surface area contributed by atoms with Gasteiger partial charge in [-0.25, -0.2) is 0 Å². The van der Waals surface area contributed by atoms with Crippen LogP contribution in [0.25, 0.3) is 0 Å². The summed E-state index contributed by atoms with van der Waals surface area (Å²) in [5.74, 6) is -1.22. The van der Waals surface area contributed by atoms with Crippen LogP contribution in [0.3, 0.4) is 0 Å². The Bertz CT molecular complexity index is 269. The fourth-order valence-corrected chi connectivity index (χ4v) is 1.08. The van der Waals surface area contributed by atoms with Gasteiger partial charge in [0.2, 0.25) is 4.83 Å². The van der Waals surface area contributed by atoms with Crippen molar-refractivity contribution < 1.29 is 19.1 Å². The van der Waals surface area contributed by atoms with Crippen molar-refractivity contribution in [1.82, 2.24) is 0 Å². The van der Waals surface area contributed by atoms with E-state index in [1.165, 1.54) is 0 Å². The summed E-state index contributed by atoms with van der Waals surface area (Å²) >= 11 is 3.00. The smallest absolute Gasteiger partial charge is 0.331 e. The molecule has 0 aromatic carbocycles. The molecule has 0 spiro atoms. The Morgan fingerprint density at radius 3 is 1.39 bits per heavy atom. The van der Waals surface area contributed by atoms with Crippen LogP contribution < -0.4 is 0 Å². The van der Waals surface area contributed by atoms with E-state index in [1.807, 2.05) is 41.5 Å². The van der Waals surface area contributed by atoms with Gasteiger partial charge in [0.15, 0.2) is 0 Å². The van der Waals surface area contributed by atoms with Gasteiger partial charge in [-0.2, -0.15) is 0 Å². The van der Waals surface area contributed by atoms with Crippen molar-refractivity contribution in [3.8, 4) is 0 Å². The zero-order valence-corrected chi connectivity index (χ0v) is 13.6. The summed E-state index contributed by atoms with van der Waals surface area (Å²) in [6.45, 7) is 12.2. The lowest BCUT2D eigenvalue weighted by molar-refractivity contribution is -0.156. The van der Waals surface area contributed by atoms with Crippen LogP contribution in [0.5, 0.6) is 0 Å². The molecule has 0 radical (unpaired) electrons. The standard InChI is InChI=1S/C13H23BrO4/c1-12(2,3)7-17-10(15)9(14)11(16)18-8-13(4,5)6/h9H,7-8H2,1-6H3. The number of rotatable bonds is 4. The van der Waals surface area contributed by atoms with Gasteiger partial charge in [-0.3, -0.25) is 9.59 Å². The number of esters is 2. The van der Waals surface area contributed by atoms with Gasteiger partial charge in [0.25, 0.3) is 0 Å². The van der Waals surface area contributed by atoms with E-state index in [0.717, 1.165) is 0 Å². The monoisotopic (exact) mass is 322 g/mol. The molecule has 5 heteroatoms. The molecule has 18 heavy (non-hydrogen) atoms. The predicted molar refractivity (Wildman–Crippen MR) is 73.5 cm³/mol. The SMILES string of the molecule is CC(C)(C)COC(=O)C(Br)C(=O)OCC(C)(C)C. The molecule has 0 aliphatic heterocycles. The van der Waals surface area contributed by atoms with E-state index in [4.69, 9.17) is 9.47 Å². The van der Waals surface area contributed by atoms with Crippen LogP contribution in [0.1, 0.15) is 41.5 Å². The van der Waals surface area contributed by atoms with Gasteiger partial charge in [-0.05, 0) is 10.8 Å². The highest BCUT2D eigenvalue weighted by Gasteiger charge is 2.29. The van der Waals surface area contributed by atoms with E-state index in [9.17, 15) is 9.59 Å². The quantitative estimate of drug-likeness (QED) is 0.453. The fraction of sp³-hybridized carbons (Fsp3) is 0.846. The van der Waals surface area contributed by atoms with E-state index in [-0.39, 0.29) is 24.0 Å². The second-order valence-corrected chi connectivity index (χ2v) is 7.61. The first kappa shape index (κ1) is 17.4. The third-order valence-electron chi connectivity index (χ3n) is 1.71. The molecule has 0 aliphatic carbocycles. The zero-order chi connectivity index (χ0) is 14.6. The highest BCUT2D eigenvalue weighted by molar-refractivity contribution is 9.10. The van der Waals surface area contributed by atoms with Crippen molar-refractivity contribution in [1.29, 1.82) is 0 Å². The van der Waals surface area contributed by atoms with Crippen molar-refractivity contribution in [2.75, 3.05) is 13.2 Å². The molecule has 0 amide bonds. The van der Waals surface area contributed by atoms with Crippen molar-refractivity contribution >= 4 is 27.9 Å². The molecule has 0 bridgehead atoms. The molecule has 0 aliphatic rings. The zero-order valence-electron chi connectivity index (χ0n) is 12.0. The second-order valence-electron chi connectivity index (χ2n) is 6.70. The van der Waals surface area contributed by atoms with Gasteiger partial charge >= 0.3 is 11.9 Å². The van der Waals surface area contributed by atoms with Gasteiger partial charge in [0, 0.05) is 0 Å². The van der Waals surface area contributed by atoms with Crippen LogP contribution in [0.15, 0.2) is 0 Å². The molecular weight excluding hydrogens is 300 g/mol. The molecule has 0 unspecified atom stereocenters. The Morgan fingerprint density at radius 1 is 0.889 bits per heavy atom. The van der Waals surface area contributed by atoms with Crippen molar-refractivity contribution in [2.45, 2.75) is 46.4 Å². The molecule has 4 nitrogen and oxygen atoms in total.